The van der Waals surface area contributed by atoms with Gasteiger partial charge in [0.05, 0.1) is 11.7 Å². The molecule has 1 saturated heterocycles. The molecule has 0 bridgehead atoms. The molecule has 8 heteroatoms. The zero-order chi connectivity index (χ0) is 20.2. The lowest BCUT2D eigenvalue weighted by Crippen LogP contribution is -2.26. The molecule has 1 atom stereocenters. The van der Waals surface area contributed by atoms with Crippen molar-refractivity contribution in [3.8, 4) is 0 Å². The SMILES string of the molecule is O=C1OC[C@@H](c2ccccc2)N1C(=Cc1cccc([N+](=O)[O-])n1)c1cccnc1. The van der Waals surface area contributed by atoms with Crippen molar-refractivity contribution >= 4 is 23.7 Å². The van der Waals surface area contributed by atoms with E-state index in [1.54, 1.807) is 36.7 Å². The van der Waals surface area contributed by atoms with E-state index in [0.717, 1.165) is 5.56 Å². The highest BCUT2D eigenvalue weighted by Gasteiger charge is 2.37. The van der Waals surface area contributed by atoms with Gasteiger partial charge in [0.2, 0.25) is 0 Å². The van der Waals surface area contributed by atoms with Gasteiger partial charge in [0.1, 0.15) is 6.61 Å². The van der Waals surface area contributed by atoms with Gasteiger partial charge in [0, 0.05) is 30.1 Å². The molecule has 2 aromatic heterocycles. The Bertz CT molecular complexity index is 1070. The first-order valence-corrected chi connectivity index (χ1v) is 8.88. The summed E-state index contributed by atoms with van der Waals surface area (Å²) in [6, 6.07) is 17.3. The molecule has 0 aliphatic carbocycles. The normalized spacial score (nSPS) is 16.6. The zero-order valence-electron chi connectivity index (χ0n) is 15.2. The number of aromatic nitrogens is 2. The Labute approximate surface area is 166 Å². The van der Waals surface area contributed by atoms with Crippen molar-refractivity contribution in [1.82, 2.24) is 14.9 Å². The van der Waals surface area contributed by atoms with Crippen LogP contribution in [0.25, 0.3) is 11.8 Å². The number of carbonyl (C=O) groups excluding carboxylic acids is 1. The number of hydrogen-bond donors (Lipinski definition) is 0. The van der Waals surface area contributed by atoms with Gasteiger partial charge in [-0.15, -0.1) is 0 Å². The Morgan fingerprint density at radius 1 is 1.14 bits per heavy atom. The van der Waals surface area contributed by atoms with Crippen molar-refractivity contribution < 1.29 is 14.5 Å². The summed E-state index contributed by atoms with van der Waals surface area (Å²) in [5.41, 5.74) is 2.44. The van der Waals surface area contributed by atoms with E-state index >= 15 is 0 Å². The quantitative estimate of drug-likeness (QED) is 0.482. The number of pyridine rings is 2. The monoisotopic (exact) mass is 388 g/mol. The van der Waals surface area contributed by atoms with E-state index < -0.39 is 11.0 Å². The number of rotatable bonds is 5. The minimum absolute atomic E-state index is 0.197. The predicted octanol–water partition coefficient (Wildman–Crippen LogP) is 4.08. The third-order valence-electron chi connectivity index (χ3n) is 4.50. The summed E-state index contributed by atoms with van der Waals surface area (Å²) in [5, 5.41) is 11.1. The fourth-order valence-corrected chi connectivity index (χ4v) is 3.18. The van der Waals surface area contributed by atoms with Crippen molar-refractivity contribution in [2.24, 2.45) is 0 Å². The van der Waals surface area contributed by atoms with Crippen LogP contribution in [0.5, 0.6) is 0 Å². The van der Waals surface area contributed by atoms with E-state index in [1.807, 2.05) is 36.4 Å². The van der Waals surface area contributed by atoms with Crippen LogP contribution in [-0.4, -0.2) is 32.5 Å². The number of carbonyl (C=O) groups is 1. The first kappa shape index (κ1) is 18.3. The van der Waals surface area contributed by atoms with E-state index in [2.05, 4.69) is 9.97 Å². The van der Waals surface area contributed by atoms with Gasteiger partial charge in [-0.05, 0) is 39.7 Å². The second kappa shape index (κ2) is 7.89. The zero-order valence-corrected chi connectivity index (χ0v) is 15.2. The van der Waals surface area contributed by atoms with Crippen LogP contribution in [0.4, 0.5) is 10.6 Å². The highest BCUT2D eigenvalue weighted by Crippen LogP contribution is 2.36. The molecule has 3 aromatic rings. The van der Waals surface area contributed by atoms with Crippen molar-refractivity contribution in [2.75, 3.05) is 6.61 Å². The number of cyclic esters (lactones) is 1. The van der Waals surface area contributed by atoms with Gasteiger partial charge < -0.3 is 14.9 Å². The van der Waals surface area contributed by atoms with Crippen molar-refractivity contribution in [2.45, 2.75) is 6.04 Å². The van der Waals surface area contributed by atoms with Gasteiger partial charge in [-0.2, -0.15) is 0 Å². The molecule has 1 aliphatic heterocycles. The van der Waals surface area contributed by atoms with Crippen LogP contribution in [0.15, 0.2) is 73.1 Å². The maximum absolute atomic E-state index is 12.7. The number of nitro groups is 1. The van der Waals surface area contributed by atoms with Gasteiger partial charge in [-0.1, -0.05) is 30.3 Å². The molecule has 0 radical (unpaired) electrons. The predicted molar refractivity (Wildman–Crippen MR) is 105 cm³/mol. The molecule has 1 aliphatic rings. The van der Waals surface area contributed by atoms with E-state index in [9.17, 15) is 14.9 Å². The van der Waals surface area contributed by atoms with E-state index in [1.165, 1.54) is 11.0 Å². The molecular formula is C21H16N4O4. The Balaban J connectivity index is 1.83. The van der Waals surface area contributed by atoms with Crippen LogP contribution in [-0.2, 0) is 4.74 Å². The largest absolute Gasteiger partial charge is 0.447 e. The smallest absolute Gasteiger partial charge is 0.415 e. The minimum Gasteiger partial charge on any atom is -0.447 e. The molecule has 1 fully saturated rings. The summed E-state index contributed by atoms with van der Waals surface area (Å²) in [4.78, 5) is 32.9. The number of benzene rings is 1. The number of nitrogens with zero attached hydrogens (tertiary/aromatic N) is 4. The second-order valence-electron chi connectivity index (χ2n) is 6.32. The number of ether oxygens (including phenoxy) is 1. The van der Waals surface area contributed by atoms with E-state index in [0.29, 0.717) is 17.0 Å². The molecule has 3 heterocycles. The van der Waals surface area contributed by atoms with E-state index in [4.69, 9.17) is 4.74 Å². The van der Waals surface area contributed by atoms with Gasteiger partial charge in [0.25, 0.3) is 0 Å². The Kier molecular flexibility index (Phi) is 4.98. The molecule has 0 spiro atoms. The average Bonchev–Trinajstić information content (AvgIpc) is 3.14. The van der Waals surface area contributed by atoms with Gasteiger partial charge in [-0.3, -0.25) is 9.88 Å². The second-order valence-corrected chi connectivity index (χ2v) is 6.32. The third-order valence-corrected chi connectivity index (χ3v) is 4.50. The van der Waals surface area contributed by atoms with Crippen molar-refractivity contribution in [3.63, 3.8) is 0 Å². The van der Waals surface area contributed by atoms with Gasteiger partial charge in [-0.25, -0.2) is 4.79 Å². The summed E-state index contributed by atoms with van der Waals surface area (Å²) in [6.07, 6.45) is 4.38. The molecule has 1 amide bonds. The minimum atomic E-state index is -0.558. The topological polar surface area (TPSA) is 98.5 Å². The number of amides is 1. The van der Waals surface area contributed by atoms with Crippen LogP contribution in [0.2, 0.25) is 0 Å². The molecular weight excluding hydrogens is 372 g/mol. The highest BCUT2D eigenvalue weighted by molar-refractivity contribution is 5.90. The van der Waals surface area contributed by atoms with Crippen LogP contribution in [0, 0.1) is 10.1 Å². The Hall–Kier alpha value is -4.07. The molecule has 1 aromatic carbocycles. The van der Waals surface area contributed by atoms with Crippen LogP contribution >= 0.6 is 0 Å². The van der Waals surface area contributed by atoms with Crippen molar-refractivity contribution in [1.29, 1.82) is 0 Å². The third kappa shape index (κ3) is 3.81. The molecule has 8 nitrogen and oxygen atoms in total. The summed E-state index contributed by atoms with van der Waals surface area (Å²) in [5.74, 6) is -0.270. The maximum atomic E-state index is 12.7. The lowest BCUT2D eigenvalue weighted by molar-refractivity contribution is -0.389. The first-order valence-electron chi connectivity index (χ1n) is 8.88. The summed E-state index contributed by atoms with van der Waals surface area (Å²) in [7, 11) is 0. The first-order chi connectivity index (χ1) is 14.1. The number of hydrogen-bond acceptors (Lipinski definition) is 6. The summed E-state index contributed by atoms with van der Waals surface area (Å²) >= 11 is 0. The Morgan fingerprint density at radius 2 is 1.97 bits per heavy atom. The fraction of sp³-hybridized carbons (Fsp3) is 0.0952. The molecule has 0 N–H and O–H groups in total. The lowest BCUT2D eigenvalue weighted by atomic mass is 10.0. The van der Waals surface area contributed by atoms with Crippen LogP contribution < -0.4 is 0 Å². The Morgan fingerprint density at radius 3 is 2.69 bits per heavy atom. The van der Waals surface area contributed by atoms with Crippen molar-refractivity contribution in [3.05, 3.63) is 100.0 Å². The van der Waals surface area contributed by atoms with Crippen LogP contribution in [0.3, 0.4) is 0 Å². The molecule has 0 unspecified atom stereocenters. The average molecular weight is 388 g/mol. The fourth-order valence-electron chi connectivity index (χ4n) is 3.18. The summed E-state index contributed by atoms with van der Waals surface area (Å²) in [6.45, 7) is 0.197. The standard InChI is InChI=1S/C21H16N4O4/c26-21-24(19(14-29-21)15-6-2-1-3-7-15)18(16-8-5-11-22-13-16)12-17-9-4-10-20(23-17)25(27)28/h1-13,19H,14H2/t19-/m0/s1. The maximum Gasteiger partial charge on any atom is 0.415 e. The van der Waals surface area contributed by atoms with Crippen LogP contribution in [0.1, 0.15) is 22.9 Å². The van der Waals surface area contributed by atoms with E-state index in [-0.39, 0.29) is 18.5 Å². The molecule has 0 saturated carbocycles. The molecule has 29 heavy (non-hydrogen) atoms. The summed E-state index contributed by atoms with van der Waals surface area (Å²) < 4.78 is 5.33. The highest BCUT2D eigenvalue weighted by atomic mass is 16.6. The lowest BCUT2D eigenvalue weighted by Gasteiger charge is -2.24. The molecule has 4 rings (SSSR count). The molecule has 144 valence electrons. The van der Waals surface area contributed by atoms with Gasteiger partial charge >= 0.3 is 11.9 Å². The van der Waals surface area contributed by atoms with Gasteiger partial charge in [0.15, 0.2) is 5.69 Å².